The molecule has 4 heteroatoms. The van der Waals surface area contributed by atoms with E-state index < -0.39 is 5.97 Å². The molecule has 0 aromatic carbocycles. The van der Waals surface area contributed by atoms with Crippen molar-refractivity contribution in [3.05, 3.63) is 34.8 Å². The van der Waals surface area contributed by atoms with Gasteiger partial charge in [-0.15, -0.1) is 11.3 Å². The van der Waals surface area contributed by atoms with Gasteiger partial charge in [0.05, 0.1) is 16.1 Å². The van der Waals surface area contributed by atoms with Crippen LogP contribution in [0, 0.1) is 0 Å². The van der Waals surface area contributed by atoms with Crippen LogP contribution in [0.2, 0.25) is 0 Å². The fourth-order valence-corrected chi connectivity index (χ4v) is 2.60. The first-order chi connectivity index (χ1) is 7.75. The maximum atomic E-state index is 11.1. The summed E-state index contributed by atoms with van der Waals surface area (Å²) in [4.78, 5) is 15.5. The zero-order valence-electron chi connectivity index (χ0n) is 8.56. The highest BCUT2D eigenvalue weighted by atomic mass is 32.1. The van der Waals surface area contributed by atoms with Gasteiger partial charge in [0.2, 0.25) is 0 Å². The Balaban J connectivity index is 2.08. The van der Waals surface area contributed by atoms with E-state index >= 15 is 0 Å². The SMILES string of the molecule is O=C(O)c1cc(-c2cccs2)[nH]c1C1CC1. The molecule has 1 saturated carbocycles. The second kappa shape index (κ2) is 3.49. The molecule has 1 aliphatic rings. The summed E-state index contributed by atoms with van der Waals surface area (Å²) >= 11 is 1.62. The number of carboxylic acids is 1. The minimum Gasteiger partial charge on any atom is -0.478 e. The van der Waals surface area contributed by atoms with E-state index in [9.17, 15) is 4.79 Å². The van der Waals surface area contributed by atoms with Crippen LogP contribution in [0.3, 0.4) is 0 Å². The molecule has 3 nitrogen and oxygen atoms in total. The third-order valence-electron chi connectivity index (χ3n) is 2.85. The first kappa shape index (κ1) is 9.66. The molecule has 0 amide bonds. The van der Waals surface area contributed by atoms with Gasteiger partial charge < -0.3 is 10.1 Å². The highest BCUT2D eigenvalue weighted by molar-refractivity contribution is 7.13. The van der Waals surface area contributed by atoms with Gasteiger partial charge in [-0.1, -0.05) is 6.07 Å². The molecule has 2 aromatic rings. The Bertz CT molecular complexity index is 523. The van der Waals surface area contributed by atoms with Crippen LogP contribution in [-0.2, 0) is 0 Å². The molecule has 82 valence electrons. The Labute approximate surface area is 96.7 Å². The lowest BCUT2D eigenvalue weighted by Crippen LogP contribution is -1.98. The molecule has 0 aliphatic heterocycles. The number of rotatable bonds is 3. The Hall–Kier alpha value is -1.55. The molecule has 1 fully saturated rings. The summed E-state index contributed by atoms with van der Waals surface area (Å²) in [5.41, 5.74) is 2.26. The Morgan fingerprint density at radius 1 is 1.50 bits per heavy atom. The zero-order valence-corrected chi connectivity index (χ0v) is 9.38. The lowest BCUT2D eigenvalue weighted by Gasteiger charge is -1.95. The molecule has 0 spiro atoms. The van der Waals surface area contributed by atoms with Crippen molar-refractivity contribution in [2.45, 2.75) is 18.8 Å². The molecule has 0 bridgehead atoms. The van der Waals surface area contributed by atoms with Crippen LogP contribution in [-0.4, -0.2) is 16.1 Å². The van der Waals surface area contributed by atoms with E-state index in [0.29, 0.717) is 11.5 Å². The van der Waals surface area contributed by atoms with Gasteiger partial charge in [-0.25, -0.2) is 4.79 Å². The van der Waals surface area contributed by atoms with Crippen molar-refractivity contribution >= 4 is 17.3 Å². The standard InChI is InChI=1S/C12H11NO2S/c14-12(15)8-6-9(10-2-1-5-16-10)13-11(8)7-3-4-7/h1-2,5-7,13H,3-4H2,(H,14,15). The summed E-state index contributed by atoms with van der Waals surface area (Å²) < 4.78 is 0. The second-order valence-corrected chi connectivity index (χ2v) is 5.01. The van der Waals surface area contributed by atoms with Crippen molar-refractivity contribution < 1.29 is 9.90 Å². The van der Waals surface area contributed by atoms with E-state index in [1.54, 1.807) is 17.4 Å². The van der Waals surface area contributed by atoms with Crippen molar-refractivity contribution in [1.82, 2.24) is 4.98 Å². The summed E-state index contributed by atoms with van der Waals surface area (Å²) in [6.45, 7) is 0. The van der Waals surface area contributed by atoms with Crippen LogP contribution in [0.25, 0.3) is 10.6 Å². The highest BCUT2D eigenvalue weighted by Crippen LogP contribution is 2.42. The average Bonchev–Trinajstić information content (AvgIpc) is 2.83. The smallest absolute Gasteiger partial charge is 0.337 e. The fourth-order valence-electron chi connectivity index (χ4n) is 1.91. The van der Waals surface area contributed by atoms with E-state index in [1.807, 2.05) is 17.5 Å². The molecule has 0 unspecified atom stereocenters. The largest absolute Gasteiger partial charge is 0.478 e. The van der Waals surface area contributed by atoms with Crippen molar-refractivity contribution in [3.63, 3.8) is 0 Å². The first-order valence-corrected chi connectivity index (χ1v) is 6.14. The summed E-state index contributed by atoms with van der Waals surface area (Å²) in [7, 11) is 0. The van der Waals surface area contributed by atoms with Crippen LogP contribution in [0.15, 0.2) is 23.6 Å². The van der Waals surface area contributed by atoms with E-state index in [2.05, 4.69) is 4.98 Å². The maximum absolute atomic E-state index is 11.1. The van der Waals surface area contributed by atoms with Crippen molar-refractivity contribution in [2.24, 2.45) is 0 Å². The van der Waals surface area contributed by atoms with Crippen LogP contribution in [0.1, 0.15) is 34.8 Å². The third kappa shape index (κ3) is 1.55. The van der Waals surface area contributed by atoms with E-state index in [1.165, 1.54) is 0 Å². The number of nitrogens with one attached hydrogen (secondary N) is 1. The molecule has 0 saturated heterocycles. The van der Waals surface area contributed by atoms with E-state index in [4.69, 9.17) is 5.11 Å². The molecule has 3 rings (SSSR count). The number of carboxylic acid groups (broad SMARTS) is 1. The van der Waals surface area contributed by atoms with Gasteiger partial charge in [0.15, 0.2) is 0 Å². The van der Waals surface area contributed by atoms with Gasteiger partial charge in [0, 0.05) is 5.69 Å². The van der Waals surface area contributed by atoms with Gasteiger partial charge in [-0.3, -0.25) is 0 Å². The Kier molecular flexibility index (Phi) is 2.11. The topological polar surface area (TPSA) is 53.1 Å². The van der Waals surface area contributed by atoms with Crippen molar-refractivity contribution in [1.29, 1.82) is 0 Å². The number of hydrogen-bond donors (Lipinski definition) is 2. The number of aromatic amines is 1. The van der Waals surface area contributed by atoms with Crippen LogP contribution >= 0.6 is 11.3 Å². The first-order valence-electron chi connectivity index (χ1n) is 5.26. The number of carbonyl (C=O) groups is 1. The number of H-pyrrole nitrogens is 1. The second-order valence-electron chi connectivity index (χ2n) is 4.07. The molecule has 16 heavy (non-hydrogen) atoms. The van der Waals surface area contributed by atoms with Crippen molar-refractivity contribution in [2.75, 3.05) is 0 Å². The van der Waals surface area contributed by atoms with Gasteiger partial charge in [0.25, 0.3) is 0 Å². The molecule has 1 aliphatic carbocycles. The Morgan fingerprint density at radius 3 is 2.88 bits per heavy atom. The van der Waals surface area contributed by atoms with Gasteiger partial charge >= 0.3 is 5.97 Å². The van der Waals surface area contributed by atoms with Gasteiger partial charge in [-0.2, -0.15) is 0 Å². The third-order valence-corrected chi connectivity index (χ3v) is 3.75. The van der Waals surface area contributed by atoms with E-state index in [0.717, 1.165) is 29.1 Å². The predicted octanol–water partition coefficient (Wildman–Crippen LogP) is 3.32. The maximum Gasteiger partial charge on any atom is 0.337 e. The van der Waals surface area contributed by atoms with Crippen LogP contribution in [0.5, 0.6) is 0 Å². The van der Waals surface area contributed by atoms with Crippen LogP contribution in [0.4, 0.5) is 0 Å². The number of hydrogen-bond acceptors (Lipinski definition) is 2. The number of thiophene rings is 1. The van der Waals surface area contributed by atoms with Crippen LogP contribution < -0.4 is 0 Å². The quantitative estimate of drug-likeness (QED) is 0.854. The monoisotopic (exact) mass is 233 g/mol. The highest BCUT2D eigenvalue weighted by Gasteiger charge is 2.30. The lowest BCUT2D eigenvalue weighted by molar-refractivity contribution is 0.0696. The van der Waals surface area contributed by atoms with Crippen molar-refractivity contribution in [3.8, 4) is 10.6 Å². The minimum atomic E-state index is -0.832. The number of aromatic carboxylic acids is 1. The zero-order chi connectivity index (χ0) is 11.1. The number of aromatic nitrogens is 1. The molecule has 0 radical (unpaired) electrons. The predicted molar refractivity (Wildman–Crippen MR) is 63.0 cm³/mol. The molecule has 2 heterocycles. The summed E-state index contributed by atoms with van der Waals surface area (Å²) in [6.07, 6.45) is 2.20. The minimum absolute atomic E-state index is 0.430. The van der Waals surface area contributed by atoms with Gasteiger partial charge in [-0.05, 0) is 36.3 Å². The molecule has 2 aromatic heterocycles. The summed E-state index contributed by atoms with van der Waals surface area (Å²) in [5, 5.41) is 11.1. The molecular weight excluding hydrogens is 222 g/mol. The van der Waals surface area contributed by atoms with E-state index in [-0.39, 0.29) is 0 Å². The molecular formula is C12H11NO2S. The van der Waals surface area contributed by atoms with Gasteiger partial charge in [0.1, 0.15) is 0 Å². The normalized spacial score (nSPS) is 15.2. The fraction of sp³-hybridized carbons (Fsp3) is 0.250. The summed E-state index contributed by atoms with van der Waals surface area (Å²) in [6, 6.07) is 5.72. The average molecular weight is 233 g/mol. The molecule has 0 atom stereocenters. The lowest BCUT2D eigenvalue weighted by atomic mass is 10.2. The summed E-state index contributed by atoms with van der Waals surface area (Å²) in [5.74, 6) is -0.402. The molecule has 2 N–H and O–H groups in total. The Morgan fingerprint density at radius 2 is 2.31 bits per heavy atom.